The first-order valence-corrected chi connectivity index (χ1v) is 6.87. The SMILES string of the molecule is Cc1ccc(C[C@H](NC(=O)OC(C)(C)C)C(=O)O)c(C)c1. The minimum atomic E-state index is -1.08. The van der Waals surface area contributed by atoms with Crippen LogP contribution in [0.1, 0.15) is 37.5 Å². The molecular weight excluding hydrogens is 270 g/mol. The van der Waals surface area contributed by atoms with Crippen molar-refractivity contribution in [3.05, 3.63) is 34.9 Å². The van der Waals surface area contributed by atoms with Crippen LogP contribution in [0.15, 0.2) is 18.2 Å². The van der Waals surface area contributed by atoms with E-state index in [1.165, 1.54) is 0 Å². The van der Waals surface area contributed by atoms with Crippen LogP contribution in [-0.4, -0.2) is 28.8 Å². The summed E-state index contributed by atoms with van der Waals surface area (Å²) < 4.78 is 5.09. The second-order valence-electron chi connectivity index (χ2n) is 6.17. The van der Waals surface area contributed by atoms with Crippen molar-refractivity contribution in [2.45, 2.75) is 52.7 Å². The normalized spacial score (nSPS) is 12.6. The van der Waals surface area contributed by atoms with E-state index in [0.29, 0.717) is 0 Å². The molecule has 0 saturated carbocycles. The molecule has 116 valence electrons. The second-order valence-corrected chi connectivity index (χ2v) is 6.17. The Bertz CT molecular complexity index is 532. The number of alkyl carbamates (subject to hydrolysis) is 1. The van der Waals surface area contributed by atoms with Gasteiger partial charge in [0.25, 0.3) is 0 Å². The Morgan fingerprint density at radius 1 is 1.29 bits per heavy atom. The Labute approximate surface area is 125 Å². The number of benzene rings is 1. The zero-order valence-electron chi connectivity index (χ0n) is 13.2. The van der Waals surface area contributed by atoms with Crippen molar-refractivity contribution in [3.8, 4) is 0 Å². The van der Waals surface area contributed by atoms with Crippen LogP contribution < -0.4 is 5.32 Å². The highest BCUT2D eigenvalue weighted by molar-refractivity contribution is 5.80. The molecule has 0 spiro atoms. The van der Waals surface area contributed by atoms with Gasteiger partial charge < -0.3 is 15.2 Å². The van der Waals surface area contributed by atoms with Crippen molar-refractivity contribution in [2.75, 3.05) is 0 Å². The summed E-state index contributed by atoms with van der Waals surface area (Å²) in [6.07, 6.45) is -0.500. The van der Waals surface area contributed by atoms with Crippen LogP contribution in [0.5, 0.6) is 0 Å². The standard InChI is InChI=1S/C16H23NO4/c1-10-6-7-12(11(2)8-10)9-13(14(18)19)17-15(20)21-16(3,4)5/h6-8,13H,9H2,1-5H3,(H,17,20)(H,18,19)/t13-/m0/s1. The van der Waals surface area contributed by atoms with E-state index in [2.05, 4.69) is 5.32 Å². The van der Waals surface area contributed by atoms with E-state index in [9.17, 15) is 14.7 Å². The predicted octanol–water partition coefficient (Wildman–Crippen LogP) is 2.82. The highest BCUT2D eigenvalue weighted by Crippen LogP contribution is 2.13. The van der Waals surface area contributed by atoms with Crippen molar-refractivity contribution < 1.29 is 19.4 Å². The van der Waals surface area contributed by atoms with Gasteiger partial charge in [0.05, 0.1) is 0 Å². The summed E-state index contributed by atoms with van der Waals surface area (Å²) in [7, 11) is 0. The van der Waals surface area contributed by atoms with E-state index >= 15 is 0 Å². The van der Waals surface area contributed by atoms with Gasteiger partial charge in [-0.05, 0) is 45.7 Å². The number of carbonyl (C=O) groups is 2. The molecule has 0 fully saturated rings. The van der Waals surface area contributed by atoms with Crippen LogP contribution in [0, 0.1) is 13.8 Å². The van der Waals surface area contributed by atoms with Gasteiger partial charge in [-0.25, -0.2) is 9.59 Å². The maximum Gasteiger partial charge on any atom is 0.408 e. The van der Waals surface area contributed by atoms with Crippen molar-refractivity contribution in [1.82, 2.24) is 5.32 Å². The Balaban J connectivity index is 2.79. The van der Waals surface area contributed by atoms with Crippen LogP contribution >= 0.6 is 0 Å². The topological polar surface area (TPSA) is 75.6 Å². The van der Waals surface area contributed by atoms with Gasteiger partial charge in [0.1, 0.15) is 11.6 Å². The number of carbonyl (C=O) groups excluding carboxylic acids is 1. The van der Waals surface area contributed by atoms with Gasteiger partial charge in [0.15, 0.2) is 0 Å². The molecule has 1 amide bonds. The molecule has 0 aliphatic rings. The molecular formula is C16H23NO4. The van der Waals surface area contributed by atoms with E-state index in [0.717, 1.165) is 16.7 Å². The van der Waals surface area contributed by atoms with Gasteiger partial charge in [-0.15, -0.1) is 0 Å². The maximum atomic E-state index is 11.7. The number of amides is 1. The molecule has 5 heteroatoms. The lowest BCUT2D eigenvalue weighted by Crippen LogP contribution is -2.44. The molecule has 0 aliphatic carbocycles. The van der Waals surface area contributed by atoms with E-state index in [1.807, 2.05) is 32.0 Å². The number of ether oxygens (including phenoxy) is 1. The van der Waals surface area contributed by atoms with Crippen LogP contribution in [-0.2, 0) is 16.0 Å². The first-order chi connectivity index (χ1) is 9.58. The average Bonchev–Trinajstić information content (AvgIpc) is 2.28. The average molecular weight is 293 g/mol. The fourth-order valence-corrected chi connectivity index (χ4v) is 1.94. The molecule has 0 bridgehead atoms. The molecule has 0 unspecified atom stereocenters. The first-order valence-electron chi connectivity index (χ1n) is 6.87. The van der Waals surface area contributed by atoms with E-state index < -0.39 is 23.7 Å². The zero-order chi connectivity index (χ0) is 16.2. The number of aliphatic carboxylic acids is 1. The third-order valence-electron chi connectivity index (χ3n) is 2.91. The Morgan fingerprint density at radius 2 is 1.90 bits per heavy atom. The molecule has 0 aromatic heterocycles. The van der Waals surface area contributed by atoms with Gasteiger partial charge in [-0.2, -0.15) is 0 Å². The van der Waals surface area contributed by atoms with Crippen LogP contribution in [0.2, 0.25) is 0 Å². The largest absolute Gasteiger partial charge is 0.480 e. The lowest BCUT2D eigenvalue weighted by molar-refractivity contribution is -0.139. The molecule has 2 N–H and O–H groups in total. The van der Waals surface area contributed by atoms with Gasteiger partial charge >= 0.3 is 12.1 Å². The summed E-state index contributed by atoms with van der Waals surface area (Å²) in [6.45, 7) is 9.09. The highest BCUT2D eigenvalue weighted by atomic mass is 16.6. The number of hydrogen-bond donors (Lipinski definition) is 2. The highest BCUT2D eigenvalue weighted by Gasteiger charge is 2.24. The quantitative estimate of drug-likeness (QED) is 0.895. The van der Waals surface area contributed by atoms with Gasteiger partial charge in [0, 0.05) is 6.42 Å². The third-order valence-corrected chi connectivity index (χ3v) is 2.91. The van der Waals surface area contributed by atoms with Gasteiger partial charge in [-0.3, -0.25) is 0 Å². The summed E-state index contributed by atoms with van der Waals surface area (Å²) in [5.41, 5.74) is 2.35. The summed E-state index contributed by atoms with van der Waals surface area (Å²) in [5, 5.41) is 11.7. The van der Waals surface area contributed by atoms with E-state index in [4.69, 9.17) is 4.74 Å². The molecule has 1 aromatic rings. The molecule has 1 aromatic carbocycles. The Hall–Kier alpha value is -2.04. The lowest BCUT2D eigenvalue weighted by atomic mass is 9.99. The molecule has 5 nitrogen and oxygen atoms in total. The molecule has 0 aliphatic heterocycles. The summed E-state index contributed by atoms with van der Waals surface area (Å²) in [4.78, 5) is 23.0. The summed E-state index contributed by atoms with van der Waals surface area (Å²) >= 11 is 0. The first kappa shape index (κ1) is 17.0. The smallest absolute Gasteiger partial charge is 0.408 e. The van der Waals surface area contributed by atoms with E-state index in [1.54, 1.807) is 20.8 Å². The Morgan fingerprint density at radius 3 is 2.38 bits per heavy atom. The van der Waals surface area contributed by atoms with Gasteiger partial charge in [-0.1, -0.05) is 23.8 Å². The molecule has 1 rings (SSSR count). The number of carboxylic acid groups (broad SMARTS) is 1. The van der Waals surface area contributed by atoms with Gasteiger partial charge in [0.2, 0.25) is 0 Å². The van der Waals surface area contributed by atoms with Crippen LogP contribution in [0.4, 0.5) is 4.79 Å². The number of hydrogen-bond acceptors (Lipinski definition) is 3. The molecule has 21 heavy (non-hydrogen) atoms. The van der Waals surface area contributed by atoms with Crippen molar-refractivity contribution in [2.24, 2.45) is 0 Å². The summed E-state index contributed by atoms with van der Waals surface area (Å²) in [6, 6.07) is 4.79. The van der Waals surface area contributed by atoms with Crippen LogP contribution in [0.3, 0.4) is 0 Å². The molecule has 1 atom stereocenters. The van der Waals surface area contributed by atoms with E-state index in [-0.39, 0.29) is 6.42 Å². The van der Waals surface area contributed by atoms with Crippen molar-refractivity contribution in [1.29, 1.82) is 0 Å². The maximum absolute atomic E-state index is 11.7. The molecule has 0 radical (unpaired) electrons. The Kier molecular flexibility index (Phi) is 5.35. The zero-order valence-corrected chi connectivity index (χ0v) is 13.2. The van der Waals surface area contributed by atoms with Crippen LogP contribution in [0.25, 0.3) is 0 Å². The number of carboxylic acids is 1. The number of rotatable bonds is 4. The third kappa shape index (κ3) is 5.85. The fourth-order valence-electron chi connectivity index (χ4n) is 1.94. The van der Waals surface area contributed by atoms with Crippen molar-refractivity contribution in [3.63, 3.8) is 0 Å². The monoisotopic (exact) mass is 293 g/mol. The number of nitrogens with one attached hydrogen (secondary N) is 1. The summed E-state index contributed by atoms with van der Waals surface area (Å²) in [5.74, 6) is -1.08. The molecule has 0 heterocycles. The molecule has 0 saturated heterocycles. The lowest BCUT2D eigenvalue weighted by Gasteiger charge is -2.22. The number of aryl methyl sites for hydroxylation is 2. The second kappa shape index (κ2) is 6.61. The fraction of sp³-hybridized carbons (Fsp3) is 0.500. The van der Waals surface area contributed by atoms with Crippen molar-refractivity contribution >= 4 is 12.1 Å². The predicted molar refractivity (Wildman–Crippen MR) is 80.4 cm³/mol. The minimum absolute atomic E-state index is 0.223. The minimum Gasteiger partial charge on any atom is -0.480 e.